The van der Waals surface area contributed by atoms with Crippen molar-refractivity contribution in [3.63, 3.8) is 0 Å². The Kier molecular flexibility index (Phi) is 7.02. The third-order valence-corrected chi connectivity index (χ3v) is 3.90. The van der Waals surface area contributed by atoms with Crippen LogP contribution < -0.4 is 10.6 Å². The predicted octanol–water partition coefficient (Wildman–Crippen LogP) is 1.87. The van der Waals surface area contributed by atoms with Crippen molar-refractivity contribution in [2.24, 2.45) is 12.8 Å². The van der Waals surface area contributed by atoms with Crippen molar-refractivity contribution in [1.82, 2.24) is 9.78 Å². The molecule has 0 aliphatic carbocycles. The van der Waals surface area contributed by atoms with Crippen molar-refractivity contribution in [1.29, 1.82) is 0 Å². The van der Waals surface area contributed by atoms with E-state index in [1.54, 1.807) is 7.11 Å². The van der Waals surface area contributed by atoms with Gasteiger partial charge in [0.05, 0.1) is 12.3 Å². The van der Waals surface area contributed by atoms with Crippen LogP contribution in [0.4, 0.5) is 5.82 Å². The third kappa shape index (κ3) is 3.73. The highest BCUT2D eigenvalue weighted by Crippen LogP contribution is 2.27. The number of anilines is 1. The first kappa shape index (κ1) is 17.0. The van der Waals surface area contributed by atoms with Crippen LogP contribution in [-0.2, 0) is 18.2 Å². The van der Waals surface area contributed by atoms with Crippen LogP contribution in [-0.4, -0.2) is 42.6 Å². The van der Waals surface area contributed by atoms with E-state index in [-0.39, 0.29) is 0 Å². The molecular weight excluding hydrogens is 252 g/mol. The van der Waals surface area contributed by atoms with Crippen molar-refractivity contribution in [3.8, 4) is 0 Å². The second kappa shape index (κ2) is 8.27. The lowest BCUT2D eigenvalue weighted by atomic mass is 10.1. The third-order valence-electron chi connectivity index (χ3n) is 3.90. The maximum absolute atomic E-state index is 5.77. The van der Waals surface area contributed by atoms with Crippen molar-refractivity contribution in [3.05, 3.63) is 11.3 Å². The molecular formula is C15H30N4O. The van der Waals surface area contributed by atoms with Crippen molar-refractivity contribution in [2.75, 3.05) is 31.7 Å². The van der Waals surface area contributed by atoms with Gasteiger partial charge in [0, 0.05) is 32.3 Å². The van der Waals surface area contributed by atoms with E-state index in [9.17, 15) is 0 Å². The first-order valence-electron chi connectivity index (χ1n) is 7.58. The Morgan fingerprint density at radius 2 is 2.00 bits per heavy atom. The van der Waals surface area contributed by atoms with E-state index in [2.05, 4.69) is 30.8 Å². The Bertz CT molecular complexity index is 399. The Hall–Kier alpha value is -1.07. The molecule has 0 aromatic carbocycles. The van der Waals surface area contributed by atoms with Crippen LogP contribution in [0.5, 0.6) is 0 Å². The van der Waals surface area contributed by atoms with Crippen LogP contribution in [0.1, 0.15) is 37.9 Å². The number of ether oxygens (including phenoxy) is 1. The van der Waals surface area contributed by atoms with Gasteiger partial charge in [-0.15, -0.1) is 0 Å². The quantitative estimate of drug-likeness (QED) is 0.751. The normalized spacial score (nSPS) is 11.3. The fourth-order valence-electron chi connectivity index (χ4n) is 2.87. The van der Waals surface area contributed by atoms with Crippen LogP contribution in [0.25, 0.3) is 0 Å². The molecule has 5 heteroatoms. The SMILES string of the molecule is CCC(CC)N(CCOC)c1c(CCN)c(C)nn1C. The zero-order valence-electron chi connectivity index (χ0n) is 13.6. The number of hydrogen-bond acceptors (Lipinski definition) is 4. The summed E-state index contributed by atoms with van der Waals surface area (Å²) in [4.78, 5) is 2.44. The van der Waals surface area contributed by atoms with Gasteiger partial charge < -0.3 is 15.4 Å². The molecule has 0 spiro atoms. The first-order valence-corrected chi connectivity index (χ1v) is 7.58. The molecule has 0 saturated heterocycles. The summed E-state index contributed by atoms with van der Waals surface area (Å²) in [7, 11) is 3.77. The molecule has 0 atom stereocenters. The maximum atomic E-state index is 5.77. The summed E-state index contributed by atoms with van der Waals surface area (Å²) in [6, 6.07) is 0.511. The van der Waals surface area contributed by atoms with E-state index >= 15 is 0 Å². The number of hydrogen-bond donors (Lipinski definition) is 1. The Balaban J connectivity index is 3.17. The minimum absolute atomic E-state index is 0.511. The number of aromatic nitrogens is 2. The molecule has 0 aliphatic heterocycles. The molecule has 0 aliphatic rings. The largest absolute Gasteiger partial charge is 0.383 e. The molecule has 116 valence electrons. The van der Waals surface area contributed by atoms with E-state index in [0.29, 0.717) is 12.6 Å². The standard InChI is InChI=1S/C15H30N4O/c1-6-13(7-2)19(10-11-20-5)15-14(8-9-16)12(3)17-18(15)4/h13H,6-11,16H2,1-5H3. The Morgan fingerprint density at radius 1 is 1.35 bits per heavy atom. The summed E-state index contributed by atoms with van der Waals surface area (Å²) in [6.45, 7) is 8.80. The number of nitrogens with two attached hydrogens (primary N) is 1. The van der Waals surface area contributed by atoms with Crippen LogP contribution >= 0.6 is 0 Å². The summed E-state index contributed by atoms with van der Waals surface area (Å²) in [5.41, 5.74) is 8.13. The molecule has 5 nitrogen and oxygen atoms in total. The van der Waals surface area contributed by atoms with E-state index in [1.807, 2.05) is 11.7 Å². The van der Waals surface area contributed by atoms with Crippen LogP contribution in [0.15, 0.2) is 0 Å². The summed E-state index contributed by atoms with van der Waals surface area (Å²) in [5.74, 6) is 1.21. The van der Waals surface area contributed by atoms with Crippen molar-refractivity contribution < 1.29 is 4.74 Å². The van der Waals surface area contributed by atoms with Gasteiger partial charge in [-0.05, 0) is 32.7 Å². The number of rotatable bonds is 9. The van der Waals surface area contributed by atoms with Gasteiger partial charge in [-0.3, -0.25) is 4.68 Å². The molecule has 20 heavy (non-hydrogen) atoms. The molecule has 0 saturated carbocycles. The van der Waals surface area contributed by atoms with Crippen molar-refractivity contribution in [2.45, 2.75) is 46.1 Å². The van der Waals surface area contributed by atoms with Gasteiger partial charge >= 0.3 is 0 Å². The second-order valence-electron chi connectivity index (χ2n) is 5.21. The van der Waals surface area contributed by atoms with Gasteiger partial charge in [0.15, 0.2) is 0 Å². The summed E-state index contributed by atoms with van der Waals surface area (Å²) < 4.78 is 7.28. The minimum atomic E-state index is 0.511. The minimum Gasteiger partial charge on any atom is -0.383 e. The summed E-state index contributed by atoms with van der Waals surface area (Å²) >= 11 is 0. The maximum Gasteiger partial charge on any atom is 0.130 e. The average molecular weight is 282 g/mol. The van der Waals surface area contributed by atoms with Gasteiger partial charge in [0.2, 0.25) is 0 Å². The zero-order chi connectivity index (χ0) is 15.1. The molecule has 0 fully saturated rings. The molecule has 0 bridgehead atoms. The van der Waals surface area contributed by atoms with E-state index in [4.69, 9.17) is 10.5 Å². The van der Waals surface area contributed by atoms with E-state index < -0.39 is 0 Å². The van der Waals surface area contributed by atoms with E-state index in [1.165, 1.54) is 11.4 Å². The van der Waals surface area contributed by atoms with Crippen LogP contribution in [0.3, 0.4) is 0 Å². The highest BCUT2D eigenvalue weighted by atomic mass is 16.5. The highest BCUT2D eigenvalue weighted by Gasteiger charge is 2.23. The molecule has 0 radical (unpaired) electrons. The lowest BCUT2D eigenvalue weighted by Crippen LogP contribution is -2.39. The predicted molar refractivity (Wildman–Crippen MR) is 84.3 cm³/mol. The molecule has 0 unspecified atom stereocenters. The summed E-state index contributed by atoms with van der Waals surface area (Å²) in [5, 5.41) is 4.59. The molecule has 1 rings (SSSR count). The molecule has 1 aromatic rings. The molecule has 1 aromatic heterocycles. The first-order chi connectivity index (χ1) is 9.60. The average Bonchev–Trinajstić information content (AvgIpc) is 2.70. The number of aryl methyl sites for hydroxylation is 2. The van der Waals surface area contributed by atoms with Crippen molar-refractivity contribution >= 4 is 5.82 Å². The fraction of sp³-hybridized carbons (Fsp3) is 0.800. The molecule has 1 heterocycles. The van der Waals surface area contributed by atoms with Crippen LogP contribution in [0.2, 0.25) is 0 Å². The second-order valence-corrected chi connectivity index (χ2v) is 5.21. The molecule has 0 amide bonds. The van der Waals surface area contributed by atoms with Gasteiger partial charge in [0.1, 0.15) is 5.82 Å². The van der Waals surface area contributed by atoms with Gasteiger partial charge in [-0.1, -0.05) is 13.8 Å². The summed E-state index contributed by atoms with van der Waals surface area (Å²) in [6.07, 6.45) is 3.11. The van der Waals surface area contributed by atoms with Crippen LogP contribution in [0, 0.1) is 6.92 Å². The monoisotopic (exact) mass is 282 g/mol. The lowest BCUT2D eigenvalue weighted by Gasteiger charge is -2.33. The Morgan fingerprint density at radius 3 is 2.50 bits per heavy atom. The molecule has 2 N–H and O–H groups in total. The highest BCUT2D eigenvalue weighted by molar-refractivity contribution is 5.51. The number of nitrogens with zero attached hydrogens (tertiary/aromatic N) is 3. The number of methoxy groups -OCH3 is 1. The zero-order valence-corrected chi connectivity index (χ0v) is 13.6. The smallest absolute Gasteiger partial charge is 0.130 e. The van der Waals surface area contributed by atoms with E-state index in [0.717, 1.165) is 38.1 Å². The van der Waals surface area contributed by atoms with Gasteiger partial charge in [0.25, 0.3) is 0 Å². The van der Waals surface area contributed by atoms with Gasteiger partial charge in [-0.25, -0.2) is 0 Å². The topological polar surface area (TPSA) is 56.3 Å². The van der Waals surface area contributed by atoms with Gasteiger partial charge in [-0.2, -0.15) is 5.10 Å². The Labute approximate surface area is 123 Å². The fourth-order valence-corrected chi connectivity index (χ4v) is 2.87. The lowest BCUT2D eigenvalue weighted by molar-refractivity contribution is 0.202.